The fourth-order valence-corrected chi connectivity index (χ4v) is 3.07. The van der Waals surface area contributed by atoms with E-state index in [9.17, 15) is 10.2 Å². The number of aromatic hydroxyl groups is 2. The summed E-state index contributed by atoms with van der Waals surface area (Å²) in [5.74, 6) is 0.794. The van der Waals surface area contributed by atoms with Gasteiger partial charge in [-0.25, -0.2) is 0 Å². The van der Waals surface area contributed by atoms with Crippen LogP contribution in [0.3, 0.4) is 0 Å². The predicted molar refractivity (Wildman–Crippen MR) is 72.4 cm³/mol. The molecule has 0 aliphatic carbocycles. The van der Waals surface area contributed by atoms with Crippen LogP contribution in [0.5, 0.6) is 23.0 Å². The Balaban J connectivity index is 2.02. The summed E-state index contributed by atoms with van der Waals surface area (Å²) in [4.78, 5) is 4.35. The Bertz CT molecular complexity index is 728. The van der Waals surface area contributed by atoms with E-state index in [1.54, 1.807) is 0 Å². The molecule has 5 heteroatoms. The molecule has 1 aromatic heterocycles. The Hall–Kier alpha value is -2.27. The van der Waals surface area contributed by atoms with Crippen molar-refractivity contribution in [2.75, 3.05) is 6.54 Å². The Kier molecular flexibility index (Phi) is 2.23. The third-order valence-electron chi connectivity index (χ3n) is 4.07. The maximum absolute atomic E-state index is 10.0. The van der Waals surface area contributed by atoms with Crippen LogP contribution < -0.4 is 10.1 Å². The van der Waals surface area contributed by atoms with Gasteiger partial charge in [0.05, 0.1) is 5.69 Å². The number of pyridine rings is 1. The summed E-state index contributed by atoms with van der Waals surface area (Å²) >= 11 is 0. The number of rotatable bonds is 0. The monoisotopic (exact) mass is 270 g/mol. The normalized spacial score (nSPS) is 18.9. The summed E-state index contributed by atoms with van der Waals surface area (Å²) < 4.78 is 5.87. The number of benzene rings is 1. The van der Waals surface area contributed by atoms with E-state index in [1.807, 2.05) is 19.2 Å². The van der Waals surface area contributed by atoms with Gasteiger partial charge in [0.2, 0.25) is 5.75 Å². The van der Waals surface area contributed by atoms with Crippen molar-refractivity contribution in [3.05, 3.63) is 40.7 Å². The summed E-state index contributed by atoms with van der Waals surface area (Å²) in [7, 11) is 0. The van der Waals surface area contributed by atoms with Crippen LogP contribution in [0.1, 0.15) is 28.3 Å². The van der Waals surface area contributed by atoms with Crippen LogP contribution in [0.15, 0.2) is 18.3 Å². The van der Waals surface area contributed by atoms with E-state index in [1.165, 1.54) is 6.07 Å². The van der Waals surface area contributed by atoms with Gasteiger partial charge >= 0.3 is 0 Å². The molecular weight excluding hydrogens is 256 g/mol. The molecule has 0 fully saturated rings. The molecule has 4 rings (SSSR count). The lowest BCUT2D eigenvalue weighted by Crippen LogP contribution is -2.31. The molecular formula is C15H14N2O3. The number of phenolic OH excluding ortho intramolecular Hbond substituents is 2. The SMILES string of the molecule is Cc1ncc2c3c1Oc1c(ccc(O)c1O)C3CNC2. The maximum Gasteiger partial charge on any atom is 0.201 e. The number of aryl methyl sites for hydroxylation is 1. The minimum Gasteiger partial charge on any atom is -0.504 e. The van der Waals surface area contributed by atoms with E-state index >= 15 is 0 Å². The molecule has 1 unspecified atom stereocenters. The van der Waals surface area contributed by atoms with Crippen LogP contribution >= 0.6 is 0 Å². The lowest BCUT2D eigenvalue weighted by Gasteiger charge is -2.34. The van der Waals surface area contributed by atoms with Crippen molar-refractivity contribution in [2.45, 2.75) is 19.4 Å². The third-order valence-corrected chi connectivity index (χ3v) is 4.07. The van der Waals surface area contributed by atoms with Gasteiger partial charge in [-0.3, -0.25) is 4.98 Å². The average Bonchev–Trinajstić information content (AvgIpc) is 2.47. The van der Waals surface area contributed by atoms with Gasteiger partial charge in [0, 0.05) is 36.3 Å². The zero-order valence-corrected chi connectivity index (χ0v) is 11.0. The van der Waals surface area contributed by atoms with E-state index in [4.69, 9.17) is 4.74 Å². The summed E-state index contributed by atoms with van der Waals surface area (Å²) in [5, 5.41) is 23.1. The minimum absolute atomic E-state index is 0.116. The highest BCUT2D eigenvalue weighted by atomic mass is 16.5. The maximum atomic E-state index is 10.0. The zero-order chi connectivity index (χ0) is 13.9. The number of nitrogens with zero attached hydrogens (tertiary/aromatic N) is 1. The number of phenols is 2. The average molecular weight is 270 g/mol. The van der Waals surface area contributed by atoms with Gasteiger partial charge in [-0.2, -0.15) is 0 Å². The zero-order valence-electron chi connectivity index (χ0n) is 11.0. The second-order valence-electron chi connectivity index (χ2n) is 5.25. The predicted octanol–water partition coefficient (Wildman–Crippen LogP) is 2.14. The van der Waals surface area contributed by atoms with Gasteiger partial charge in [0.25, 0.3) is 0 Å². The van der Waals surface area contributed by atoms with Crippen molar-refractivity contribution in [3.8, 4) is 23.0 Å². The molecule has 0 amide bonds. The fraction of sp³-hybridized carbons (Fsp3) is 0.267. The molecule has 3 N–H and O–H groups in total. The highest BCUT2D eigenvalue weighted by Gasteiger charge is 2.35. The van der Waals surface area contributed by atoms with Crippen LogP contribution in [0.4, 0.5) is 0 Å². The molecule has 3 heterocycles. The lowest BCUT2D eigenvalue weighted by atomic mass is 9.83. The second kappa shape index (κ2) is 3.86. The molecule has 102 valence electrons. The van der Waals surface area contributed by atoms with Gasteiger partial charge in [0.1, 0.15) is 0 Å². The fourth-order valence-electron chi connectivity index (χ4n) is 3.07. The van der Waals surface area contributed by atoms with Crippen LogP contribution in [-0.2, 0) is 6.54 Å². The smallest absolute Gasteiger partial charge is 0.201 e. The summed E-state index contributed by atoms with van der Waals surface area (Å²) in [6.07, 6.45) is 1.88. The first kappa shape index (κ1) is 11.5. The molecule has 1 aromatic carbocycles. The largest absolute Gasteiger partial charge is 0.504 e. The Morgan fingerprint density at radius 1 is 1.30 bits per heavy atom. The number of ether oxygens (including phenoxy) is 1. The Morgan fingerprint density at radius 2 is 2.15 bits per heavy atom. The van der Waals surface area contributed by atoms with Gasteiger partial charge in [0.15, 0.2) is 17.2 Å². The first-order valence-electron chi connectivity index (χ1n) is 6.58. The van der Waals surface area contributed by atoms with Gasteiger partial charge < -0.3 is 20.3 Å². The molecule has 2 aliphatic rings. The quantitative estimate of drug-likeness (QED) is 0.639. The molecule has 0 saturated carbocycles. The van der Waals surface area contributed by atoms with Crippen molar-refractivity contribution in [3.63, 3.8) is 0 Å². The molecule has 5 nitrogen and oxygen atoms in total. The van der Waals surface area contributed by atoms with E-state index in [-0.39, 0.29) is 17.4 Å². The van der Waals surface area contributed by atoms with Gasteiger partial charge in [-0.1, -0.05) is 6.07 Å². The number of nitrogens with one attached hydrogen (secondary N) is 1. The minimum atomic E-state index is -0.205. The standard InChI is InChI=1S/C15H14N2O3/c1-7-14-12-8(5-17-7)4-16-6-10(12)9-2-3-11(18)13(19)15(9)20-14/h2-3,5,10,16,18-19H,4,6H2,1H3. The molecule has 0 saturated heterocycles. The summed E-state index contributed by atoms with van der Waals surface area (Å²) in [6.45, 7) is 3.44. The van der Waals surface area contributed by atoms with E-state index in [2.05, 4.69) is 10.3 Å². The first-order chi connectivity index (χ1) is 9.66. The molecule has 2 aromatic rings. The summed E-state index contributed by atoms with van der Waals surface area (Å²) in [6, 6.07) is 3.31. The Labute approximate surface area is 115 Å². The first-order valence-corrected chi connectivity index (χ1v) is 6.58. The van der Waals surface area contributed by atoms with Gasteiger partial charge in [-0.05, 0) is 18.6 Å². The van der Waals surface area contributed by atoms with Crippen LogP contribution in [-0.4, -0.2) is 21.7 Å². The molecule has 0 spiro atoms. The van der Waals surface area contributed by atoms with Crippen molar-refractivity contribution >= 4 is 0 Å². The molecule has 1 atom stereocenters. The lowest BCUT2D eigenvalue weighted by molar-refractivity contribution is 0.355. The third kappa shape index (κ3) is 1.38. The number of aromatic nitrogens is 1. The number of fused-ring (bicyclic) bond motifs is 2. The van der Waals surface area contributed by atoms with Crippen LogP contribution in [0, 0.1) is 6.92 Å². The van der Waals surface area contributed by atoms with Crippen molar-refractivity contribution < 1.29 is 14.9 Å². The molecule has 20 heavy (non-hydrogen) atoms. The van der Waals surface area contributed by atoms with Crippen LogP contribution in [0.2, 0.25) is 0 Å². The molecule has 0 bridgehead atoms. The van der Waals surface area contributed by atoms with E-state index < -0.39 is 0 Å². The highest BCUT2D eigenvalue weighted by molar-refractivity contribution is 5.64. The van der Waals surface area contributed by atoms with Gasteiger partial charge in [-0.15, -0.1) is 0 Å². The second-order valence-corrected chi connectivity index (χ2v) is 5.25. The van der Waals surface area contributed by atoms with E-state index in [0.29, 0.717) is 11.5 Å². The van der Waals surface area contributed by atoms with Crippen LogP contribution in [0.25, 0.3) is 0 Å². The molecule has 2 aliphatic heterocycles. The number of hydrogen-bond acceptors (Lipinski definition) is 5. The topological polar surface area (TPSA) is 74.6 Å². The Morgan fingerprint density at radius 3 is 3.00 bits per heavy atom. The number of hydrogen-bond donors (Lipinski definition) is 3. The molecule has 0 radical (unpaired) electrons. The van der Waals surface area contributed by atoms with E-state index in [0.717, 1.165) is 35.5 Å². The van der Waals surface area contributed by atoms with Crippen molar-refractivity contribution in [1.82, 2.24) is 10.3 Å². The van der Waals surface area contributed by atoms with Crippen molar-refractivity contribution in [2.24, 2.45) is 0 Å². The van der Waals surface area contributed by atoms with Crippen molar-refractivity contribution in [1.29, 1.82) is 0 Å². The summed E-state index contributed by atoms with van der Waals surface area (Å²) in [5.41, 5.74) is 3.96. The highest BCUT2D eigenvalue weighted by Crippen LogP contribution is 2.52.